The summed E-state index contributed by atoms with van der Waals surface area (Å²) >= 11 is 0. The summed E-state index contributed by atoms with van der Waals surface area (Å²) in [4.78, 5) is 13.3. The SMILES string of the molecule is Cc1cc(NC2CCCN(C)C2)nnc1-c1ccc(C(=O)O)cc1O. The predicted molar refractivity (Wildman–Crippen MR) is 95.0 cm³/mol. The number of aromatic carboxylic acids is 1. The second kappa shape index (κ2) is 7.06. The molecule has 0 radical (unpaired) electrons. The van der Waals surface area contributed by atoms with Gasteiger partial charge in [-0.25, -0.2) is 4.79 Å². The summed E-state index contributed by atoms with van der Waals surface area (Å²) < 4.78 is 0. The molecule has 0 amide bonds. The second-order valence-electron chi connectivity index (χ2n) is 6.54. The lowest BCUT2D eigenvalue weighted by atomic mass is 10.0. The standard InChI is InChI=1S/C18H22N4O3/c1-11-8-16(19-13-4-3-7-22(2)10-13)20-21-17(11)14-6-5-12(18(24)25)9-15(14)23/h5-6,8-9,13,23H,3-4,7,10H2,1-2H3,(H,19,20)(H,24,25). The van der Waals surface area contributed by atoms with Gasteiger partial charge in [0.25, 0.3) is 0 Å². The van der Waals surface area contributed by atoms with Crippen molar-refractivity contribution in [3.63, 3.8) is 0 Å². The lowest BCUT2D eigenvalue weighted by Gasteiger charge is -2.30. The molecule has 3 N–H and O–H groups in total. The molecule has 1 fully saturated rings. The van der Waals surface area contributed by atoms with Crippen LogP contribution in [-0.2, 0) is 0 Å². The number of carboxylic acid groups (broad SMARTS) is 1. The number of hydrogen-bond donors (Lipinski definition) is 3. The zero-order chi connectivity index (χ0) is 18.0. The number of benzene rings is 1. The number of likely N-dealkylation sites (N-methyl/N-ethyl adjacent to an activating group) is 1. The van der Waals surface area contributed by atoms with Crippen molar-refractivity contribution in [3.8, 4) is 17.0 Å². The molecule has 0 bridgehead atoms. The van der Waals surface area contributed by atoms with Crippen LogP contribution in [0.4, 0.5) is 5.82 Å². The van der Waals surface area contributed by atoms with Crippen LogP contribution < -0.4 is 5.32 Å². The van der Waals surface area contributed by atoms with Gasteiger partial charge in [-0.3, -0.25) is 0 Å². The number of aromatic nitrogens is 2. The molecule has 1 aromatic heterocycles. The van der Waals surface area contributed by atoms with Gasteiger partial charge in [-0.15, -0.1) is 10.2 Å². The summed E-state index contributed by atoms with van der Waals surface area (Å²) in [6, 6.07) is 6.48. The number of aromatic hydroxyl groups is 1. The molecule has 7 heteroatoms. The number of nitrogens with zero attached hydrogens (tertiary/aromatic N) is 3. The topological polar surface area (TPSA) is 98.6 Å². The van der Waals surface area contributed by atoms with Crippen molar-refractivity contribution in [2.45, 2.75) is 25.8 Å². The fourth-order valence-corrected chi connectivity index (χ4v) is 3.18. The Balaban J connectivity index is 1.81. The van der Waals surface area contributed by atoms with Crippen molar-refractivity contribution in [3.05, 3.63) is 35.4 Å². The minimum Gasteiger partial charge on any atom is -0.507 e. The van der Waals surface area contributed by atoms with Crippen molar-refractivity contribution in [2.24, 2.45) is 0 Å². The normalized spacial score (nSPS) is 18.1. The monoisotopic (exact) mass is 342 g/mol. The Labute approximate surface area is 146 Å². The molecule has 3 rings (SSSR count). The molecule has 0 saturated carbocycles. The van der Waals surface area contributed by atoms with E-state index in [1.807, 2.05) is 13.0 Å². The summed E-state index contributed by atoms with van der Waals surface area (Å²) in [7, 11) is 2.11. The van der Waals surface area contributed by atoms with Crippen LogP contribution in [0.1, 0.15) is 28.8 Å². The van der Waals surface area contributed by atoms with Gasteiger partial charge in [0.1, 0.15) is 11.6 Å². The third-order valence-electron chi connectivity index (χ3n) is 4.46. The van der Waals surface area contributed by atoms with E-state index in [4.69, 9.17) is 5.11 Å². The van der Waals surface area contributed by atoms with Gasteiger partial charge in [-0.2, -0.15) is 0 Å². The molecule has 1 atom stereocenters. The van der Waals surface area contributed by atoms with Crippen molar-refractivity contribution in [2.75, 3.05) is 25.5 Å². The van der Waals surface area contributed by atoms with E-state index in [9.17, 15) is 9.90 Å². The number of carboxylic acids is 1. The molecule has 0 spiro atoms. The number of rotatable bonds is 4. The predicted octanol–water partition coefficient (Wildman–Crippen LogP) is 2.36. The van der Waals surface area contributed by atoms with Crippen LogP contribution in [0, 0.1) is 6.92 Å². The van der Waals surface area contributed by atoms with Gasteiger partial charge in [0.2, 0.25) is 0 Å². The van der Waals surface area contributed by atoms with Crippen LogP contribution in [0.15, 0.2) is 24.3 Å². The molecule has 1 aliphatic rings. The maximum Gasteiger partial charge on any atom is 0.335 e. The first-order chi connectivity index (χ1) is 11.9. The number of nitrogens with one attached hydrogen (secondary N) is 1. The summed E-state index contributed by atoms with van der Waals surface area (Å²) in [5, 5.41) is 31.0. The van der Waals surface area contributed by atoms with E-state index in [0.29, 0.717) is 23.1 Å². The highest BCUT2D eigenvalue weighted by atomic mass is 16.4. The smallest absolute Gasteiger partial charge is 0.335 e. The molecule has 25 heavy (non-hydrogen) atoms. The molecule has 1 unspecified atom stereocenters. The van der Waals surface area contributed by atoms with E-state index in [2.05, 4.69) is 27.5 Å². The summed E-state index contributed by atoms with van der Waals surface area (Å²) in [5.41, 5.74) is 1.91. The fraction of sp³-hybridized carbons (Fsp3) is 0.389. The summed E-state index contributed by atoms with van der Waals surface area (Å²) in [6.07, 6.45) is 2.26. The molecule has 1 aliphatic heterocycles. The Morgan fingerprint density at radius 2 is 2.12 bits per heavy atom. The average molecular weight is 342 g/mol. The number of aryl methyl sites for hydroxylation is 1. The Hall–Kier alpha value is -2.67. The van der Waals surface area contributed by atoms with Crippen LogP contribution in [0.25, 0.3) is 11.3 Å². The van der Waals surface area contributed by atoms with Crippen molar-refractivity contribution < 1.29 is 15.0 Å². The Morgan fingerprint density at radius 1 is 1.32 bits per heavy atom. The first-order valence-corrected chi connectivity index (χ1v) is 8.30. The van der Waals surface area contributed by atoms with Crippen LogP contribution in [0.5, 0.6) is 5.75 Å². The van der Waals surface area contributed by atoms with Crippen molar-refractivity contribution in [1.82, 2.24) is 15.1 Å². The van der Waals surface area contributed by atoms with E-state index in [1.165, 1.54) is 12.1 Å². The maximum absolute atomic E-state index is 11.0. The van der Waals surface area contributed by atoms with Gasteiger partial charge in [0.05, 0.1) is 11.3 Å². The van der Waals surface area contributed by atoms with Gasteiger partial charge in [-0.1, -0.05) is 0 Å². The third-order valence-corrected chi connectivity index (χ3v) is 4.46. The van der Waals surface area contributed by atoms with Gasteiger partial charge in [0.15, 0.2) is 0 Å². The molecule has 132 valence electrons. The highest BCUT2D eigenvalue weighted by Gasteiger charge is 2.18. The maximum atomic E-state index is 11.0. The van der Waals surface area contributed by atoms with Gasteiger partial charge >= 0.3 is 5.97 Å². The summed E-state index contributed by atoms with van der Waals surface area (Å²) in [6.45, 7) is 3.99. The lowest BCUT2D eigenvalue weighted by molar-refractivity contribution is 0.0696. The van der Waals surface area contributed by atoms with Crippen molar-refractivity contribution >= 4 is 11.8 Å². The number of piperidine rings is 1. The van der Waals surface area contributed by atoms with E-state index < -0.39 is 5.97 Å². The zero-order valence-electron chi connectivity index (χ0n) is 14.4. The average Bonchev–Trinajstić information content (AvgIpc) is 2.55. The van der Waals surface area contributed by atoms with E-state index >= 15 is 0 Å². The zero-order valence-corrected chi connectivity index (χ0v) is 14.4. The molecule has 0 aliphatic carbocycles. The fourth-order valence-electron chi connectivity index (χ4n) is 3.18. The van der Waals surface area contributed by atoms with Crippen LogP contribution in [0.2, 0.25) is 0 Å². The highest BCUT2D eigenvalue weighted by molar-refractivity contribution is 5.89. The third kappa shape index (κ3) is 3.88. The highest BCUT2D eigenvalue weighted by Crippen LogP contribution is 2.31. The van der Waals surface area contributed by atoms with Gasteiger partial charge in [0, 0.05) is 18.2 Å². The van der Waals surface area contributed by atoms with E-state index in [-0.39, 0.29) is 11.3 Å². The first-order valence-electron chi connectivity index (χ1n) is 8.30. The molecule has 1 saturated heterocycles. The summed E-state index contributed by atoms with van der Waals surface area (Å²) in [5.74, 6) is -0.489. The number of likely N-dealkylation sites (tertiary alicyclic amines) is 1. The molecular formula is C18H22N4O3. The number of carbonyl (C=O) groups is 1. The Kier molecular flexibility index (Phi) is 4.85. The van der Waals surface area contributed by atoms with Crippen LogP contribution >= 0.6 is 0 Å². The molecular weight excluding hydrogens is 320 g/mol. The number of hydrogen-bond acceptors (Lipinski definition) is 6. The Morgan fingerprint density at radius 3 is 2.76 bits per heavy atom. The van der Waals surface area contributed by atoms with Crippen molar-refractivity contribution in [1.29, 1.82) is 0 Å². The Bertz CT molecular complexity index is 794. The molecule has 2 aromatic rings. The molecule has 2 heterocycles. The minimum atomic E-state index is -1.08. The largest absolute Gasteiger partial charge is 0.507 e. The van der Waals surface area contributed by atoms with Gasteiger partial charge in [-0.05, 0) is 63.2 Å². The van der Waals surface area contributed by atoms with Crippen LogP contribution in [0.3, 0.4) is 0 Å². The number of phenolic OH excluding ortho intramolecular Hbond substituents is 1. The molecule has 7 nitrogen and oxygen atoms in total. The van der Waals surface area contributed by atoms with Gasteiger partial charge < -0.3 is 20.4 Å². The quantitative estimate of drug-likeness (QED) is 0.784. The van der Waals surface area contributed by atoms with E-state index in [0.717, 1.165) is 31.5 Å². The number of phenols is 1. The van der Waals surface area contributed by atoms with Crippen LogP contribution in [-0.4, -0.2) is 57.5 Å². The van der Waals surface area contributed by atoms with E-state index in [1.54, 1.807) is 6.07 Å². The minimum absolute atomic E-state index is 0.0339. The number of anilines is 1. The molecule has 1 aromatic carbocycles. The first kappa shape index (κ1) is 17.2. The second-order valence-corrected chi connectivity index (χ2v) is 6.54. The lowest BCUT2D eigenvalue weighted by Crippen LogP contribution is -2.39.